The molecule has 0 aliphatic carbocycles. The molecule has 2 heterocycles. The molecule has 16 heavy (non-hydrogen) atoms. The lowest BCUT2D eigenvalue weighted by Gasteiger charge is -2.10. The molecule has 0 aliphatic heterocycles. The zero-order valence-corrected chi connectivity index (χ0v) is 10.7. The number of alkyl halides is 1. The SMILES string of the molecule is CCc1nc2ncnn2c(N)c1CCCBr. The van der Waals surface area contributed by atoms with Crippen LogP contribution in [-0.4, -0.2) is 24.9 Å². The van der Waals surface area contributed by atoms with Gasteiger partial charge in [0.15, 0.2) is 0 Å². The standard InChI is InChI=1S/C10H14BrN5/c1-2-8-7(4-3-5-11)9(12)16-10(15-8)13-6-14-16/h6H,2-5,12H2,1H3. The molecular formula is C10H14BrN5. The quantitative estimate of drug-likeness (QED) is 0.866. The number of nitrogens with zero attached hydrogens (tertiary/aromatic N) is 4. The van der Waals surface area contributed by atoms with Gasteiger partial charge in [0.2, 0.25) is 0 Å². The summed E-state index contributed by atoms with van der Waals surface area (Å²) < 4.78 is 1.60. The second-order valence-electron chi connectivity index (χ2n) is 3.54. The van der Waals surface area contributed by atoms with Gasteiger partial charge >= 0.3 is 0 Å². The smallest absolute Gasteiger partial charge is 0.254 e. The van der Waals surface area contributed by atoms with Crippen molar-refractivity contribution in [1.82, 2.24) is 19.6 Å². The van der Waals surface area contributed by atoms with Gasteiger partial charge in [-0.05, 0) is 19.3 Å². The molecule has 0 amide bonds. The summed E-state index contributed by atoms with van der Waals surface area (Å²) in [6.07, 6.45) is 4.31. The molecule has 2 N–H and O–H groups in total. The van der Waals surface area contributed by atoms with Crippen molar-refractivity contribution in [3.63, 3.8) is 0 Å². The number of nitrogen functional groups attached to an aromatic ring is 1. The lowest BCUT2D eigenvalue weighted by molar-refractivity contribution is 0.845. The number of anilines is 1. The van der Waals surface area contributed by atoms with Gasteiger partial charge in [-0.3, -0.25) is 0 Å². The Balaban J connectivity index is 2.54. The lowest BCUT2D eigenvalue weighted by atomic mass is 10.1. The largest absolute Gasteiger partial charge is 0.383 e. The van der Waals surface area contributed by atoms with Gasteiger partial charge in [0, 0.05) is 10.9 Å². The van der Waals surface area contributed by atoms with Gasteiger partial charge in [-0.15, -0.1) is 0 Å². The first-order valence-corrected chi connectivity index (χ1v) is 6.43. The fourth-order valence-corrected chi connectivity index (χ4v) is 2.03. The summed E-state index contributed by atoms with van der Waals surface area (Å²) in [5.41, 5.74) is 8.21. The van der Waals surface area contributed by atoms with Crippen molar-refractivity contribution in [3.05, 3.63) is 17.6 Å². The molecule has 0 fully saturated rings. The lowest BCUT2D eigenvalue weighted by Crippen LogP contribution is -2.10. The van der Waals surface area contributed by atoms with Crippen LogP contribution in [0.4, 0.5) is 5.82 Å². The number of halogens is 1. The van der Waals surface area contributed by atoms with Crippen LogP contribution in [0, 0.1) is 0 Å². The van der Waals surface area contributed by atoms with Crippen LogP contribution in [0.25, 0.3) is 5.78 Å². The van der Waals surface area contributed by atoms with E-state index >= 15 is 0 Å². The van der Waals surface area contributed by atoms with Crippen LogP contribution >= 0.6 is 15.9 Å². The molecule has 0 saturated heterocycles. The number of hydrogen-bond donors (Lipinski definition) is 1. The van der Waals surface area contributed by atoms with Crippen LogP contribution in [0.1, 0.15) is 24.6 Å². The molecule has 6 heteroatoms. The summed E-state index contributed by atoms with van der Waals surface area (Å²) in [6.45, 7) is 2.08. The summed E-state index contributed by atoms with van der Waals surface area (Å²) in [7, 11) is 0. The predicted molar refractivity (Wildman–Crippen MR) is 66.7 cm³/mol. The first-order valence-electron chi connectivity index (χ1n) is 5.30. The van der Waals surface area contributed by atoms with E-state index in [1.807, 2.05) is 0 Å². The normalized spacial score (nSPS) is 11.1. The number of nitrogens with two attached hydrogens (primary N) is 1. The Morgan fingerprint density at radius 3 is 3.00 bits per heavy atom. The average Bonchev–Trinajstić information content (AvgIpc) is 2.76. The zero-order chi connectivity index (χ0) is 11.5. The molecule has 2 aromatic rings. The molecule has 5 nitrogen and oxygen atoms in total. The van der Waals surface area contributed by atoms with Gasteiger partial charge in [-0.1, -0.05) is 22.9 Å². The van der Waals surface area contributed by atoms with Gasteiger partial charge in [0.05, 0.1) is 5.69 Å². The van der Waals surface area contributed by atoms with Crippen molar-refractivity contribution in [2.24, 2.45) is 0 Å². The number of fused-ring (bicyclic) bond motifs is 1. The van der Waals surface area contributed by atoms with E-state index in [-0.39, 0.29) is 0 Å². The Morgan fingerprint density at radius 1 is 1.50 bits per heavy atom. The Bertz CT molecular complexity index is 493. The molecule has 0 aromatic carbocycles. The maximum Gasteiger partial charge on any atom is 0.254 e. The van der Waals surface area contributed by atoms with E-state index in [0.717, 1.165) is 35.8 Å². The number of rotatable bonds is 4. The van der Waals surface area contributed by atoms with Crippen LogP contribution < -0.4 is 5.73 Å². The van der Waals surface area contributed by atoms with Crippen LogP contribution in [-0.2, 0) is 12.8 Å². The second kappa shape index (κ2) is 4.78. The highest BCUT2D eigenvalue weighted by Gasteiger charge is 2.12. The highest BCUT2D eigenvalue weighted by atomic mass is 79.9. The highest BCUT2D eigenvalue weighted by Crippen LogP contribution is 2.19. The molecule has 0 aliphatic rings. The minimum Gasteiger partial charge on any atom is -0.383 e. The molecular weight excluding hydrogens is 270 g/mol. The fourth-order valence-electron chi connectivity index (χ4n) is 1.75. The minimum absolute atomic E-state index is 0.581. The van der Waals surface area contributed by atoms with Gasteiger partial charge < -0.3 is 5.73 Å². The maximum absolute atomic E-state index is 6.09. The summed E-state index contributed by atoms with van der Waals surface area (Å²) in [5, 5.41) is 5.03. The molecule has 0 saturated carbocycles. The van der Waals surface area contributed by atoms with Gasteiger partial charge in [0.1, 0.15) is 12.1 Å². The van der Waals surface area contributed by atoms with E-state index < -0.39 is 0 Å². The van der Waals surface area contributed by atoms with Gasteiger partial charge in [-0.25, -0.2) is 4.98 Å². The third-order valence-corrected chi connectivity index (χ3v) is 3.11. The molecule has 0 unspecified atom stereocenters. The van der Waals surface area contributed by atoms with E-state index in [2.05, 4.69) is 37.9 Å². The zero-order valence-electron chi connectivity index (χ0n) is 9.15. The number of aryl methyl sites for hydroxylation is 1. The van der Waals surface area contributed by atoms with Gasteiger partial charge in [-0.2, -0.15) is 14.6 Å². The van der Waals surface area contributed by atoms with Gasteiger partial charge in [0.25, 0.3) is 5.78 Å². The average molecular weight is 284 g/mol. The van der Waals surface area contributed by atoms with E-state index in [0.29, 0.717) is 11.6 Å². The van der Waals surface area contributed by atoms with E-state index in [9.17, 15) is 0 Å². The third kappa shape index (κ3) is 1.89. The molecule has 2 aromatic heterocycles. The van der Waals surface area contributed by atoms with Crippen LogP contribution in [0.15, 0.2) is 6.33 Å². The van der Waals surface area contributed by atoms with Crippen molar-refractivity contribution < 1.29 is 0 Å². The first-order chi connectivity index (χ1) is 7.77. The predicted octanol–water partition coefficient (Wildman–Crippen LogP) is 1.60. The number of aromatic nitrogens is 4. The maximum atomic E-state index is 6.09. The first kappa shape index (κ1) is 11.3. The monoisotopic (exact) mass is 283 g/mol. The Kier molecular flexibility index (Phi) is 3.38. The fraction of sp³-hybridized carbons (Fsp3) is 0.500. The van der Waals surface area contributed by atoms with E-state index in [1.165, 1.54) is 6.33 Å². The summed E-state index contributed by atoms with van der Waals surface area (Å²) in [4.78, 5) is 8.52. The minimum atomic E-state index is 0.581. The molecule has 0 spiro atoms. The van der Waals surface area contributed by atoms with Crippen LogP contribution in [0.5, 0.6) is 0 Å². The van der Waals surface area contributed by atoms with Crippen molar-refractivity contribution in [1.29, 1.82) is 0 Å². The van der Waals surface area contributed by atoms with Crippen molar-refractivity contribution in [2.75, 3.05) is 11.1 Å². The third-order valence-electron chi connectivity index (χ3n) is 2.55. The number of hydrogen-bond acceptors (Lipinski definition) is 4. The highest BCUT2D eigenvalue weighted by molar-refractivity contribution is 9.09. The van der Waals surface area contributed by atoms with Crippen LogP contribution in [0.2, 0.25) is 0 Å². The van der Waals surface area contributed by atoms with E-state index in [1.54, 1.807) is 4.52 Å². The molecule has 0 atom stereocenters. The van der Waals surface area contributed by atoms with Crippen LogP contribution in [0.3, 0.4) is 0 Å². The van der Waals surface area contributed by atoms with Crippen molar-refractivity contribution in [2.45, 2.75) is 26.2 Å². The van der Waals surface area contributed by atoms with Crippen molar-refractivity contribution in [3.8, 4) is 0 Å². The van der Waals surface area contributed by atoms with E-state index in [4.69, 9.17) is 5.73 Å². The summed E-state index contributed by atoms with van der Waals surface area (Å²) >= 11 is 3.42. The Hall–Kier alpha value is -1.17. The Morgan fingerprint density at radius 2 is 2.31 bits per heavy atom. The Labute approximate surface area is 102 Å². The molecule has 86 valence electrons. The van der Waals surface area contributed by atoms with Crippen molar-refractivity contribution >= 4 is 27.5 Å². The summed E-state index contributed by atoms with van der Waals surface area (Å²) in [6, 6.07) is 0. The topological polar surface area (TPSA) is 69.1 Å². The molecule has 2 rings (SSSR count). The second-order valence-corrected chi connectivity index (χ2v) is 4.33. The summed E-state index contributed by atoms with van der Waals surface area (Å²) in [5.74, 6) is 1.25. The molecule has 0 bridgehead atoms. The molecule has 0 radical (unpaired) electrons.